The Balaban J connectivity index is 3.39. The molecule has 4 heteroatoms. The molecule has 84 valence electrons. The monoisotopic (exact) mass is 201 g/mol. The Kier molecular flexibility index (Phi) is 7.42. The van der Waals surface area contributed by atoms with Crippen LogP contribution in [0, 0.1) is 0 Å². The fourth-order valence-electron chi connectivity index (χ4n) is 0.981. The summed E-state index contributed by atoms with van der Waals surface area (Å²) in [7, 11) is 2.05. The number of nitrogens with two attached hydrogens (primary N) is 1. The van der Waals surface area contributed by atoms with Gasteiger partial charge in [0.15, 0.2) is 0 Å². The summed E-state index contributed by atoms with van der Waals surface area (Å²) in [5.41, 5.74) is 5.31. The molecule has 0 fully saturated rings. The molecule has 0 rings (SSSR count). The first kappa shape index (κ1) is 13.4. The van der Waals surface area contributed by atoms with E-state index in [1.54, 1.807) is 0 Å². The van der Waals surface area contributed by atoms with E-state index in [0.29, 0.717) is 19.0 Å². The van der Waals surface area contributed by atoms with Crippen molar-refractivity contribution in [3.05, 3.63) is 0 Å². The fraction of sp³-hybridized carbons (Fsp3) is 0.900. The van der Waals surface area contributed by atoms with Gasteiger partial charge in [-0.1, -0.05) is 0 Å². The van der Waals surface area contributed by atoms with Gasteiger partial charge in [-0.15, -0.1) is 0 Å². The van der Waals surface area contributed by atoms with Crippen LogP contribution in [0.4, 0.5) is 0 Å². The molecular weight excluding hydrogens is 178 g/mol. The Hall–Kier alpha value is -0.610. The van der Waals surface area contributed by atoms with Crippen molar-refractivity contribution < 1.29 is 4.79 Å². The van der Waals surface area contributed by atoms with Gasteiger partial charge in [-0.3, -0.25) is 4.79 Å². The van der Waals surface area contributed by atoms with Crippen LogP contribution in [0.5, 0.6) is 0 Å². The summed E-state index contributed by atoms with van der Waals surface area (Å²) < 4.78 is 0. The topological polar surface area (TPSA) is 58.4 Å². The third-order valence-electron chi connectivity index (χ3n) is 2.28. The van der Waals surface area contributed by atoms with Gasteiger partial charge >= 0.3 is 0 Å². The number of rotatable bonds is 7. The van der Waals surface area contributed by atoms with E-state index in [1.165, 1.54) is 0 Å². The van der Waals surface area contributed by atoms with E-state index in [2.05, 4.69) is 31.1 Å². The summed E-state index contributed by atoms with van der Waals surface area (Å²) in [6.07, 6.45) is 1.31. The number of amides is 1. The van der Waals surface area contributed by atoms with Crippen molar-refractivity contribution in [2.24, 2.45) is 5.73 Å². The minimum Gasteiger partial charge on any atom is -0.355 e. The highest BCUT2D eigenvalue weighted by atomic mass is 16.1. The van der Waals surface area contributed by atoms with Gasteiger partial charge < -0.3 is 16.0 Å². The summed E-state index contributed by atoms with van der Waals surface area (Å²) in [5.74, 6) is 0.104. The van der Waals surface area contributed by atoms with E-state index in [-0.39, 0.29) is 5.91 Å². The zero-order chi connectivity index (χ0) is 11.0. The molecule has 0 atom stereocenters. The normalized spacial score (nSPS) is 11.0. The van der Waals surface area contributed by atoms with Crippen molar-refractivity contribution in [3.8, 4) is 0 Å². The van der Waals surface area contributed by atoms with E-state index < -0.39 is 0 Å². The summed E-state index contributed by atoms with van der Waals surface area (Å²) >= 11 is 0. The highest BCUT2D eigenvalue weighted by molar-refractivity contribution is 5.75. The second-order valence-electron chi connectivity index (χ2n) is 3.82. The molecule has 0 heterocycles. The molecule has 0 saturated heterocycles. The highest BCUT2D eigenvalue weighted by Crippen LogP contribution is 1.91. The lowest BCUT2D eigenvalue weighted by molar-refractivity contribution is -0.121. The second-order valence-corrected chi connectivity index (χ2v) is 3.82. The zero-order valence-electron chi connectivity index (χ0n) is 9.55. The molecule has 0 saturated carbocycles. The van der Waals surface area contributed by atoms with Crippen LogP contribution in [0.15, 0.2) is 0 Å². The maximum atomic E-state index is 11.2. The van der Waals surface area contributed by atoms with E-state index >= 15 is 0 Å². The predicted molar refractivity (Wildman–Crippen MR) is 59.1 cm³/mol. The lowest BCUT2D eigenvalue weighted by atomic mass is 10.3. The molecule has 0 aromatic carbocycles. The van der Waals surface area contributed by atoms with Gasteiger partial charge in [0.25, 0.3) is 0 Å². The first-order chi connectivity index (χ1) is 6.57. The van der Waals surface area contributed by atoms with Gasteiger partial charge in [0.1, 0.15) is 0 Å². The van der Waals surface area contributed by atoms with Crippen LogP contribution in [0.1, 0.15) is 26.7 Å². The smallest absolute Gasteiger partial charge is 0.220 e. The number of carbonyl (C=O) groups excluding carboxylic acids is 1. The van der Waals surface area contributed by atoms with Crippen molar-refractivity contribution in [1.82, 2.24) is 10.2 Å². The largest absolute Gasteiger partial charge is 0.355 e. The average molecular weight is 201 g/mol. The Morgan fingerprint density at radius 2 is 2.14 bits per heavy atom. The Bertz CT molecular complexity index is 159. The van der Waals surface area contributed by atoms with Crippen LogP contribution in [0.3, 0.4) is 0 Å². The van der Waals surface area contributed by atoms with Crippen molar-refractivity contribution in [2.45, 2.75) is 32.7 Å². The number of nitrogens with zero attached hydrogens (tertiary/aromatic N) is 1. The quantitative estimate of drug-likeness (QED) is 0.618. The standard InChI is InChI=1S/C10H23N3O/c1-9(2)13(3)8-7-12-10(14)5-4-6-11/h9H,4-8,11H2,1-3H3,(H,12,14). The number of likely N-dealkylation sites (N-methyl/N-ethyl adjacent to an activating group) is 1. The lowest BCUT2D eigenvalue weighted by Gasteiger charge is -2.20. The first-order valence-corrected chi connectivity index (χ1v) is 5.25. The molecule has 0 bridgehead atoms. The zero-order valence-corrected chi connectivity index (χ0v) is 9.55. The minimum atomic E-state index is 0.104. The molecular formula is C10H23N3O. The molecule has 1 amide bonds. The van der Waals surface area contributed by atoms with Gasteiger partial charge in [0, 0.05) is 25.6 Å². The molecule has 14 heavy (non-hydrogen) atoms. The third kappa shape index (κ3) is 6.86. The van der Waals surface area contributed by atoms with Gasteiger partial charge in [-0.05, 0) is 33.9 Å². The Morgan fingerprint density at radius 1 is 1.50 bits per heavy atom. The summed E-state index contributed by atoms with van der Waals surface area (Å²) in [4.78, 5) is 13.4. The lowest BCUT2D eigenvalue weighted by Crippen LogP contribution is -2.36. The highest BCUT2D eigenvalue weighted by Gasteiger charge is 2.03. The van der Waals surface area contributed by atoms with E-state index in [1.807, 2.05) is 0 Å². The summed E-state index contributed by atoms with van der Waals surface area (Å²) in [5, 5.41) is 2.87. The van der Waals surface area contributed by atoms with Crippen LogP contribution in [0.25, 0.3) is 0 Å². The Labute approximate surface area is 86.8 Å². The molecule has 0 aromatic rings. The van der Waals surface area contributed by atoms with Crippen LogP contribution in [-0.4, -0.2) is 43.5 Å². The van der Waals surface area contributed by atoms with Crippen molar-refractivity contribution >= 4 is 5.91 Å². The van der Waals surface area contributed by atoms with Gasteiger partial charge in [-0.25, -0.2) is 0 Å². The summed E-state index contributed by atoms with van der Waals surface area (Å²) in [6.45, 7) is 6.47. The molecule has 3 N–H and O–H groups in total. The van der Waals surface area contributed by atoms with E-state index in [9.17, 15) is 4.79 Å². The first-order valence-electron chi connectivity index (χ1n) is 5.25. The van der Waals surface area contributed by atoms with Crippen molar-refractivity contribution in [2.75, 3.05) is 26.7 Å². The molecule has 0 radical (unpaired) electrons. The van der Waals surface area contributed by atoms with E-state index in [4.69, 9.17) is 5.73 Å². The third-order valence-corrected chi connectivity index (χ3v) is 2.28. The number of nitrogens with one attached hydrogen (secondary N) is 1. The number of hydrogen-bond donors (Lipinski definition) is 2. The molecule has 0 aromatic heterocycles. The summed E-state index contributed by atoms with van der Waals surface area (Å²) in [6, 6.07) is 0.524. The van der Waals surface area contributed by atoms with Crippen molar-refractivity contribution in [1.29, 1.82) is 0 Å². The molecule has 0 spiro atoms. The maximum Gasteiger partial charge on any atom is 0.220 e. The average Bonchev–Trinajstić information content (AvgIpc) is 2.14. The van der Waals surface area contributed by atoms with Gasteiger partial charge in [-0.2, -0.15) is 0 Å². The molecule has 4 nitrogen and oxygen atoms in total. The molecule has 0 unspecified atom stereocenters. The molecule has 0 aliphatic rings. The van der Waals surface area contributed by atoms with Crippen LogP contribution in [0.2, 0.25) is 0 Å². The number of hydrogen-bond acceptors (Lipinski definition) is 3. The fourth-order valence-corrected chi connectivity index (χ4v) is 0.981. The van der Waals surface area contributed by atoms with Crippen LogP contribution >= 0.6 is 0 Å². The van der Waals surface area contributed by atoms with Gasteiger partial charge in [0.05, 0.1) is 0 Å². The molecule has 0 aliphatic heterocycles. The van der Waals surface area contributed by atoms with E-state index in [0.717, 1.165) is 19.5 Å². The van der Waals surface area contributed by atoms with Crippen molar-refractivity contribution in [3.63, 3.8) is 0 Å². The predicted octanol–water partition coefficient (Wildman–Crippen LogP) is 0.182. The Morgan fingerprint density at radius 3 is 2.64 bits per heavy atom. The van der Waals surface area contributed by atoms with Crippen LogP contribution < -0.4 is 11.1 Å². The van der Waals surface area contributed by atoms with Crippen LogP contribution in [-0.2, 0) is 4.79 Å². The van der Waals surface area contributed by atoms with Gasteiger partial charge in [0.2, 0.25) is 5.91 Å². The maximum absolute atomic E-state index is 11.2. The second kappa shape index (κ2) is 7.76. The number of carbonyl (C=O) groups is 1. The molecule has 0 aliphatic carbocycles. The minimum absolute atomic E-state index is 0.104. The SMILES string of the molecule is CC(C)N(C)CCNC(=O)CCCN.